The quantitative estimate of drug-likeness (QED) is 0.428. The molecule has 2 aliphatic rings. The van der Waals surface area contributed by atoms with Crippen molar-refractivity contribution in [3.05, 3.63) is 64.8 Å². The van der Waals surface area contributed by atoms with E-state index in [4.69, 9.17) is 16.3 Å². The van der Waals surface area contributed by atoms with Crippen LogP contribution >= 0.6 is 11.6 Å². The molecule has 0 saturated heterocycles. The predicted molar refractivity (Wildman–Crippen MR) is 130 cm³/mol. The summed E-state index contributed by atoms with van der Waals surface area (Å²) in [6, 6.07) is 11.7. The Bertz CT molecular complexity index is 1340. The van der Waals surface area contributed by atoms with Crippen LogP contribution in [0, 0.1) is 0 Å². The molecule has 2 aromatic carbocycles. The third-order valence-electron chi connectivity index (χ3n) is 6.48. The van der Waals surface area contributed by atoms with Gasteiger partial charge in [0.15, 0.2) is 11.5 Å². The molecular weight excluding hydrogens is 529 g/mol. The number of benzene rings is 2. The summed E-state index contributed by atoms with van der Waals surface area (Å²) in [4.78, 5) is 20.7. The number of hydrogen-bond acceptors (Lipinski definition) is 7. The average molecular weight is 553 g/mol. The number of carbonyl (C=O) groups is 1. The summed E-state index contributed by atoms with van der Waals surface area (Å²) in [5.41, 5.74) is 0.0300. The largest absolute Gasteiger partial charge is 0.573 e. The normalized spacial score (nSPS) is 18.4. The number of anilines is 1. The first kappa shape index (κ1) is 26.1. The number of aliphatic hydroxyl groups is 2. The topological polar surface area (TPSA) is 100 Å². The van der Waals surface area contributed by atoms with Crippen LogP contribution in [0.25, 0.3) is 0 Å². The number of fused-ring (bicyclic) bond motifs is 1. The molecule has 1 atom stereocenters. The van der Waals surface area contributed by atoms with Gasteiger partial charge in [-0.1, -0.05) is 29.8 Å². The van der Waals surface area contributed by atoms with Gasteiger partial charge in [-0.25, -0.2) is 0 Å². The van der Waals surface area contributed by atoms with Crippen molar-refractivity contribution in [2.24, 2.45) is 0 Å². The van der Waals surface area contributed by atoms with Crippen molar-refractivity contribution < 1.29 is 37.7 Å². The highest BCUT2D eigenvalue weighted by Gasteiger charge is 2.44. The van der Waals surface area contributed by atoms with Gasteiger partial charge in [0.1, 0.15) is 11.5 Å². The molecule has 2 N–H and O–H groups in total. The van der Waals surface area contributed by atoms with E-state index in [0.717, 1.165) is 17.7 Å². The first-order chi connectivity index (χ1) is 17.9. The fourth-order valence-electron chi connectivity index (χ4n) is 4.21. The molecule has 0 radical (unpaired) electrons. The van der Waals surface area contributed by atoms with Crippen molar-refractivity contribution in [3.63, 3.8) is 0 Å². The molecule has 38 heavy (non-hydrogen) atoms. The summed E-state index contributed by atoms with van der Waals surface area (Å²) in [6.07, 6.45) is -4.65. The van der Waals surface area contributed by atoms with E-state index in [1.807, 2.05) is 0 Å². The van der Waals surface area contributed by atoms with Crippen LogP contribution in [0.1, 0.15) is 35.3 Å². The molecule has 2 heterocycles. The minimum absolute atomic E-state index is 0.00471. The van der Waals surface area contributed by atoms with Crippen LogP contribution in [0.5, 0.6) is 17.5 Å². The van der Waals surface area contributed by atoms with Crippen LogP contribution in [0.4, 0.5) is 19.0 Å². The molecule has 1 unspecified atom stereocenters. The zero-order valence-electron chi connectivity index (χ0n) is 20.2. The molecule has 1 fully saturated rings. The summed E-state index contributed by atoms with van der Waals surface area (Å²) in [5.74, 6) is -0.880. The van der Waals surface area contributed by atoms with E-state index in [1.165, 1.54) is 26.5 Å². The molecule has 1 aromatic heterocycles. The lowest BCUT2D eigenvalue weighted by Crippen LogP contribution is -2.55. The number of aliphatic hydroxyl groups excluding tert-OH is 1. The Morgan fingerprint density at radius 3 is 2.50 bits per heavy atom. The molecule has 13 heteroatoms. The van der Waals surface area contributed by atoms with E-state index in [2.05, 4.69) is 9.72 Å². The van der Waals surface area contributed by atoms with Crippen molar-refractivity contribution in [1.82, 2.24) is 14.5 Å². The van der Waals surface area contributed by atoms with Crippen molar-refractivity contribution in [3.8, 4) is 17.5 Å². The van der Waals surface area contributed by atoms with Gasteiger partial charge < -0.3 is 24.6 Å². The Hall–Kier alpha value is -3.48. The van der Waals surface area contributed by atoms with Gasteiger partial charge in [0.25, 0.3) is 5.91 Å². The minimum atomic E-state index is -4.88. The van der Waals surface area contributed by atoms with E-state index in [1.54, 1.807) is 31.3 Å². The van der Waals surface area contributed by atoms with Gasteiger partial charge in [-0.15, -0.1) is 13.2 Å². The fourth-order valence-corrected chi connectivity index (χ4v) is 4.34. The molecule has 1 aliphatic carbocycles. The number of rotatable bonds is 8. The van der Waals surface area contributed by atoms with Crippen LogP contribution in [-0.4, -0.2) is 62.5 Å². The number of hydrogen-bond donors (Lipinski definition) is 2. The number of alkyl halides is 3. The molecule has 9 nitrogen and oxygen atoms in total. The highest BCUT2D eigenvalue weighted by atomic mass is 35.5. The number of carbonyl (C=O) groups excluding carboxylic acids is 1. The van der Waals surface area contributed by atoms with Crippen molar-refractivity contribution in [1.29, 1.82) is 0 Å². The summed E-state index contributed by atoms with van der Waals surface area (Å²) in [6.45, 7) is 0.223. The van der Waals surface area contributed by atoms with Crippen molar-refractivity contribution in [2.75, 3.05) is 18.5 Å². The average Bonchev–Trinajstić information content (AvgIpc) is 3.48. The lowest BCUT2D eigenvalue weighted by Gasteiger charge is -2.38. The van der Waals surface area contributed by atoms with Gasteiger partial charge in [0, 0.05) is 24.7 Å². The Morgan fingerprint density at radius 1 is 1.16 bits per heavy atom. The maximum atomic E-state index is 13.6. The monoisotopic (exact) mass is 552 g/mol. The first-order valence-corrected chi connectivity index (χ1v) is 12.1. The van der Waals surface area contributed by atoms with E-state index in [9.17, 15) is 28.2 Å². The molecule has 1 amide bonds. The van der Waals surface area contributed by atoms with E-state index in [-0.39, 0.29) is 36.4 Å². The van der Waals surface area contributed by atoms with Crippen LogP contribution in [-0.2, 0) is 6.54 Å². The molecular formula is C25H24ClF3N4O5. The Balaban J connectivity index is 1.52. The summed E-state index contributed by atoms with van der Waals surface area (Å²) in [5, 5.41) is 21.6. The standard InChI is InChI=1S/C25H24ClF3N4O5/c1-31-20-19(21(34)32(23(31)35)12-11-24(36)9-10-24)33(14-15-5-7-16(26)8-6-15)22(30-20)37-17-3-2-4-18(13-17)38-25(27,28)29/h2-8,13,23,35-36H,9-12,14H2,1H3. The molecule has 0 spiro atoms. The highest BCUT2D eigenvalue weighted by molar-refractivity contribution is 6.30. The van der Waals surface area contributed by atoms with Gasteiger partial charge in [-0.2, -0.15) is 4.98 Å². The Kier molecular flexibility index (Phi) is 6.66. The minimum Gasteiger partial charge on any atom is -0.425 e. The van der Waals surface area contributed by atoms with Gasteiger partial charge in [0.05, 0.1) is 12.1 Å². The van der Waals surface area contributed by atoms with Gasteiger partial charge in [-0.3, -0.25) is 14.3 Å². The zero-order valence-corrected chi connectivity index (χ0v) is 20.9. The van der Waals surface area contributed by atoms with E-state index >= 15 is 0 Å². The maximum Gasteiger partial charge on any atom is 0.573 e. The van der Waals surface area contributed by atoms with E-state index < -0.39 is 30.0 Å². The number of nitrogens with zero attached hydrogens (tertiary/aromatic N) is 4. The van der Waals surface area contributed by atoms with Gasteiger partial charge in [-0.05, 0) is 49.1 Å². The Morgan fingerprint density at radius 2 is 1.84 bits per heavy atom. The smallest absolute Gasteiger partial charge is 0.425 e. The number of halogens is 4. The third-order valence-corrected chi connectivity index (χ3v) is 6.74. The SMILES string of the molecule is CN1c2nc(Oc3cccc(OC(F)(F)F)c3)n(Cc3ccc(Cl)cc3)c2C(=O)N(CCC2(O)CC2)C1O. The summed E-state index contributed by atoms with van der Waals surface area (Å²) in [7, 11) is 1.55. The van der Waals surface area contributed by atoms with Gasteiger partial charge in [0.2, 0.25) is 6.35 Å². The van der Waals surface area contributed by atoms with Crippen LogP contribution < -0.4 is 14.4 Å². The second-order valence-electron chi connectivity index (χ2n) is 9.33. The van der Waals surface area contributed by atoms with E-state index in [0.29, 0.717) is 24.3 Å². The van der Waals surface area contributed by atoms with Gasteiger partial charge >= 0.3 is 12.4 Å². The van der Waals surface area contributed by atoms with Crippen LogP contribution in [0.15, 0.2) is 48.5 Å². The van der Waals surface area contributed by atoms with Crippen LogP contribution in [0.2, 0.25) is 5.02 Å². The zero-order chi connectivity index (χ0) is 27.2. The number of aromatic nitrogens is 2. The number of imidazole rings is 1. The molecule has 0 bridgehead atoms. The molecule has 1 saturated carbocycles. The van der Waals surface area contributed by atoms with Crippen molar-refractivity contribution in [2.45, 2.75) is 44.1 Å². The molecule has 3 aromatic rings. The lowest BCUT2D eigenvalue weighted by atomic mass is 10.2. The Labute approximate surface area is 220 Å². The number of amides is 1. The number of ether oxygens (including phenoxy) is 2. The first-order valence-electron chi connectivity index (χ1n) is 11.8. The summed E-state index contributed by atoms with van der Waals surface area (Å²) < 4.78 is 49.5. The third kappa shape index (κ3) is 5.52. The van der Waals surface area contributed by atoms with Crippen LogP contribution in [0.3, 0.4) is 0 Å². The lowest BCUT2D eigenvalue weighted by molar-refractivity contribution is -0.274. The highest BCUT2D eigenvalue weighted by Crippen LogP contribution is 2.40. The maximum absolute atomic E-state index is 13.6. The molecule has 1 aliphatic heterocycles. The second-order valence-corrected chi connectivity index (χ2v) is 9.77. The predicted octanol–water partition coefficient (Wildman–Crippen LogP) is 4.36. The fraction of sp³-hybridized carbons (Fsp3) is 0.360. The summed E-state index contributed by atoms with van der Waals surface area (Å²) >= 11 is 6.01. The van der Waals surface area contributed by atoms with Crippen molar-refractivity contribution >= 4 is 23.3 Å². The molecule has 5 rings (SSSR count). The molecule has 202 valence electrons. The second kappa shape index (κ2) is 9.68.